The molecule has 0 saturated carbocycles. The van der Waals surface area contributed by atoms with Gasteiger partial charge in [-0.15, -0.1) is 0 Å². The Morgan fingerprint density at radius 3 is 2.50 bits per heavy atom. The number of amides is 2. The maximum absolute atomic E-state index is 12.2. The molecule has 1 aromatic carbocycles. The van der Waals surface area contributed by atoms with Crippen molar-refractivity contribution in [3.05, 3.63) is 24.3 Å². The lowest BCUT2D eigenvalue weighted by atomic mass is 10.0. The summed E-state index contributed by atoms with van der Waals surface area (Å²) >= 11 is 0. The first kappa shape index (κ1) is 18.1. The molecule has 2 N–H and O–H groups in total. The Balaban J connectivity index is 1.76. The number of methoxy groups -OCH3 is 1. The molecule has 1 fully saturated rings. The lowest BCUT2D eigenvalue weighted by molar-refractivity contribution is -0.136. The number of phenols is 1. The molecule has 0 bridgehead atoms. The average molecular weight is 336 g/mol. The van der Waals surface area contributed by atoms with Crippen molar-refractivity contribution in [1.29, 1.82) is 0 Å². The molecular formula is C17H24N2O5. The summed E-state index contributed by atoms with van der Waals surface area (Å²) in [6.07, 6.45) is 0.794. The van der Waals surface area contributed by atoms with Crippen molar-refractivity contribution in [2.75, 3.05) is 26.8 Å². The Bertz CT molecular complexity index is 553. The minimum Gasteiger partial charge on any atom is -0.508 e. The highest BCUT2D eigenvalue weighted by atomic mass is 16.5. The number of phenolic OH excluding ortho intramolecular Hbond substituents is 1. The second-order valence-electron chi connectivity index (χ2n) is 5.85. The minimum absolute atomic E-state index is 0.0219. The van der Waals surface area contributed by atoms with Gasteiger partial charge >= 0.3 is 0 Å². The predicted molar refractivity (Wildman–Crippen MR) is 87.8 cm³/mol. The Labute approximate surface area is 141 Å². The predicted octanol–water partition coefficient (Wildman–Crippen LogP) is 0.913. The number of nitrogens with zero attached hydrogens (tertiary/aromatic N) is 1. The smallest absolute Gasteiger partial charge is 0.260 e. The zero-order chi connectivity index (χ0) is 17.5. The van der Waals surface area contributed by atoms with Gasteiger partial charge in [0.25, 0.3) is 5.91 Å². The third-order valence-corrected chi connectivity index (χ3v) is 3.98. The van der Waals surface area contributed by atoms with Crippen molar-refractivity contribution >= 4 is 11.8 Å². The van der Waals surface area contributed by atoms with E-state index in [4.69, 9.17) is 9.47 Å². The molecule has 1 aromatic rings. The lowest BCUT2D eigenvalue weighted by Crippen LogP contribution is -2.49. The van der Waals surface area contributed by atoms with Gasteiger partial charge in [0, 0.05) is 26.2 Å². The summed E-state index contributed by atoms with van der Waals surface area (Å²) in [6, 6.07) is 6.27. The largest absolute Gasteiger partial charge is 0.508 e. The molecule has 0 spiro atoms. The van der Waals surface area contributed by atoms with Crippen LogP contribution in [0.3, 0.4) is 0 Å². The second-order valence-corrected chi connectivity index (χ2v) is 5.85. The summed E-state index contributed by atoms with van der Waals surface area (Å²) in [5.74, 6) is 0.459. The van der Waals surface area contributed by atoms with Crippen LogP contribution in [0.4, 0.5) is 0 Å². The third kappa shape index (κ3) is 5.13. The zero-order valence-electron chi connectivity index (χ0n) is 14.0. The van der Waals surface area contributed by atoms with E-state index in [0.29, 0.717) is 31.7 Å². The summed E-state index contributed by atoms with van der Waals surface area (Å²) < 4.78 is 10.4. The number of likely N-dealkylation sites (tertiary alicyclic amines) is 1. The molecule has 1 unspecified atom stereocenters. The second kappa shape index (κ2) is 8.54. The van der Waals surface area contributed by atoms with Gasteiger partial charge in [-0.1, -0.05) is 0 Å². The fourth-order valence-electron chi connectivity index (χ4n) is 2.59. The maximum atomic E-state index is 12.2. The molecule has 132 valence electrons. The summed E-state index contributed by atoms with van der Waals surface area (Å²) in [6.45, 7) is 2.99. The van der Waals surface area contributed by atoms with Gasteiger partial charge in [-0.05, 0) is 44.0 Å². The van der Waals surface area contributed by atoms with Crippen LogP contribution in [0.15, 0.2) is 24.3 Å². The standard InChI is InChI=1S/C17H24N2O5/c1-12(24-15-5-3-14(20)4-6-15)17(22)18-13-7-9-19(10-8-13)16(21)11-23-2/h3-6,12-13,20H,7-11H2,1-2H3,(H,18,22). The van der Waals surface area contributed by atoms with Gasteiger partial charge in [0.05, 0.1) is 0 Å². The molecule has 24 heavy (non-hydrogen) atoms. The van der Waals surface area contributed by atoms with Crippen LogP contribution in [-0.4, -0.2) is 60.8 Å². The quantitative estimate of drug-likeness (QED) is 0.806. The molecule has 2 amide bonds. The van der Waals surface area contributed by atoms with Crippen molar-refractivity contribution in [3.8, 4) is 11.5 Å². The van der Waals surface area contributed by atoms with Gasteiger partial charge in [-0.25, -0.2) is 0 Å². The van der Waals surface area contributed by atoms with Gasteiger partial charge < -0.3 is 24.8 Å². The van der Waals surface area contributed by atoms with Crippen molar-refractivity contribution in [1.82, 2.24) is 10.2 Å². The summed E-state index contributed by atoms with van der Waals surface area (Å²) in [5, 5.41) is 12.2. The van der Waals surface area contributed by atoms with Crippen LogP contribution in [0.25, 0.3) is 0 Å². The first-order chi connectivity index (χ1) is 11.5. The fourth-order valence-corrected chi connectivity index (χ4v) is 2.59. The van der Waals surface area contributed by atoms with Gasteiger partial charge in [-0.2, -0.15) is 0 Å². The van der Waals surface area contributed by atoms with Crippen molar-refractivity contribution < 1.29 is 24.2 Å². The van der Waals surface area contributed by atoms with Crippen molar-refractivity contribution in [3.63, 3.8) is 0 Å². The maximum Gasteiger partial charge on any atom is 0.260 e. The molecule has 1 heterocycles. The van der Waals surface area contributed by atoms with E-state index >= 15 is 0 Å². The Morgan fingerprint density at radius 2 is 1.92 bits per heavy atom. The number of nitrogens with one attached hydrogen (secondary N) is 1. The van der Waals surface area contributed by atoms with Gasteiger partial charge in [0.15, 0.2) is 6.10 Å². The molecule has 1 saturated heterocycles. The van der Waals surface area contributed by atoms with E-state index in [9.17, 15) is 14.7 Å². The van der Waals surface area contributed by atoms with Crippen LogP contribution in [-0.2, 0) is 14.3 Å². The van der Waals surface area contributed by atoms with E-state index in [2.05, 4.69) is 5.32 Å². The third-order valence-electron chi connectivity index (χ3n) is 3.98. The number of aromatic hydroxyl groups is 1. The highest BCUT2D eigenvalue weighted by Crippen LogP contribution is 2.17. The molecule has 7 heteroatoms. The number of benzene rings is 1. The van der Waals surface area contributed by atoms with E-state index in [-0.39, 0.29) is 30.2 Å². The highest BCUT2D eigenvalue weighted by molar-refractivity contribution is 5.81. The van der Waals surface area contributed by atoms with Crippen LogP contribution in [0, 0.1) is 0 Å². The van der Waals surface area contributed by atoms with Crippen LogP contribution in [0.2, 0.25) is 0 Å². The lowest BCUT2D eigenvalue weighted by Gasteiger charge is -2.32. The number of hydrogen-bond acceptors (Lipinski definition) is 5. The average Bonchev–Trinajstić information content (AvgIpc) is 2.57. The number of rotatable bonds is 6. The molecule has 0 aromatic heterocycles. The van der Waals surface area contributed by atoms with Gasteiger partial charge in [-0.3, -0.25) is 9.59 Å². The first-order valence-corrected chi connectivity index (χ1v) is 8.02. The minimum atomic E-state index is -0.636. The van der Waals surface area contributed by atoms with Gasteiger partial charge in [0.1, 0.15) is 18.1 Å². The molecule has 7 nitrogen and oxygen atoms in total. The Kier molecular flexibility index (Phi) is 6.43. The zero-order valence-corrected chi connectivity index (χ0v) is 14.0. The number of carbonyl (C=O) groups excluding carboxylic acids is 2. The van der Waals surface area contributed by atoms with Crippen LogP contribution >= 0.6 is 0 Å². The Morgan fingerprint density at radius 1 is 1.29 bits per heavy atom. The molecule has 1 aliphatic heterocycles. The van der Waals surface area contributed by atoms with Crippen LogP contribution in [0.5, 0.6) is 11.5 Å². The molecule has 1 aliphatic rings. The fraction of sp³-hybridized carbons (Fsp3) is 0.529. The summed E-state index contributed by atoms with van der Waals surface area (Å²) in [4.78, 5) is 25.7. The van der Waals surface area contributed by atoms with Crippen LogP contribution in [0.1, 0.15) is 19.8 Å². The van der Waals surface area contributed by atoms with Crippen molar-refractivity contribution in [2.45, 2.75) is 31.9 Å². The molecule has 0 aliphatic carbocycles. The first-order valence-electron chi connectivity index (χ1n) is 8.02. The number of carbonyl (C=O) groups is 2. The normalized spacial score (nSPS) is 16.5. The topological polar surface area (TPSA) is 88.1 Å². The molecule has 0 radical (unpaired) electrons. The molecular weight excluding hydrogens is 312 g/mol. The monoisotopic (exact) mass is 336 g/mol. The highest BCUT2D eigenvalue weighted by Gasteiger charge is 2.25. The van der Waals surface area contributed by atoms with E-state index < -0.39 is 6.10 Å². The van der Waals surface area contributed by atoms with E-state index in [0.717, 1.165) is 0 Å². The molecule has 2 rings (SSSR count). The van der Waals surface area contributed by atoms with Gasteiger partial charge in [0.2, 0.25) is 5.91 Å². The van der Waals surface area contributed by atoms with E-state index in [1.54, 1.807) is 24.0 Å². The van der Waals surface area contributed by atoms with Crippen LogP contribution < -0.4 is 10.1 Å². The number of hydrogen-bond donors (Lipinski definition) is 2. The van der Waals surface area contributed by atoms with Crippen molar-refractivity contribution in [2.24, 2.45) is 0 Å². The number of piperidine rings is 1. The Hall–Kier alpha value is -2.28. The van der Waals surface area contributed by atoms with E-state index in [1.807, 2.05) is 0 Å². The number of ether oxygens (including phenoxy) is 2. The molecule has 1 atom stereocenters. The summed E-state index contributed by atoms with van der Waals surface area (Å²) in [5.41, 5.74) is 0. The van der Waals surface area contributed by atoms with E-state index in [1.165, 1.54) is 19.2 Å². The SMILES string of the molecule is COCC(=O)N1CCC(NC(=O)C(C)Oc2ccc(O)cc2)CC1. The summed E-state index contributed by atoms with van der Waals surface area (Å²) in [7, 11) is 1.50.